The fourth-order valence-corrected chi connectivity index (χ4v) is 1.10. The number of amides is 2. The summed E-state index contributed by atoms with van der Waals surface area (Å²) in [6, 6.07) is 4.07. The second-order valence-corrected chi connectivity index (χ2v) is 3.31. The van der Waals surface area contributed by atoms with Crippen molar-refractivity contribution in [3.8, 4) is 0 Å². The highest BCUT2D eigenvalue weighted by Gasteiger charge is 2.10. The average molecular weight is 246 g/mol. The van der Waals surface area contributed by atoms with Crippen LogP contribution in [0.5, 0.6) is 0 Å². The Bertz CT molecular complexity index is 425. The Morgan fingerprint density at radius 1 is 1.38 bits per heavy atom. The fourth-order valence-electron chi connectivity index (χ4n) is 0.978. The average Bonchev–Trinajstić information content (AvgIpc) is 2.29. The molecule has 0 bridgehead atoms. The zero-order chi connectivity index (χ0) is 12.1. The summed E-state index contributed by atoms with van der Waals surface area (Å²) in [5.74, 6) is 2.31. The minimum Gasteiger partial charge on any atom is -0.344 e. The van der Waals surface area contributed by atoms with Crippen LogP contribution in [0.3, 0.4) is 0 Å². The molecule has 0 spiro atoms. The number of halogens is 2. The van der Waals surface area contributed by atoms with Crippen LogP contribution in [0.4, 0.5) is 4.39 Å². The Morgan fingerprint density at radius 2 is 2.06 bits per heavy atom. The van der Waals surface area contributed by atoms with Gasteiger partial charge < -0.3 is 5.32 Å². The maximum atomic E-state index is 13.0. The molecule has 1 aromatic carbocycles. The zero-order valence-corrected chi connectivity index (χ0v) is 8.84. The summed E-state index contributed by atoms with van der Waals surface area (Å²) < 4.78 is 13.0. The molecule has 0 aliphatic heterocycles. The molecule has 4 N–H and O–H groups in total. The van der Waals surface area contributed by atoms with Crippen LogP contribution >= 0.6 is 11.6 Å². The number of hydrogen-bond acceptors (Lipinski definition) is 3. The maximum Gasteiger partial charge on any atom is 0.323 e. The third-order valence-electron chi connectivity index (χ3n) is 1.77. The van der Waals surface area contributed by atoms with Crippen molar-refractivity contribution in [1.82, 2.24) is 10.7 Å². The first-order chi connectivity index (χ1) is 7.54. The van der Waals surface area contributed by atoms with Crippen LogP contribution < -0.4 is 16.6 Å². The predicted molar refractivity (Wildman–Crippen MR) is 55.6 cm³/mol. The van der Waals surface area contributed by atoms with E-state index in [0.717, 1.165) is 0 Å². The molecular weight excluding hydrogens is 237 g/mol. The van der Waals surface area contributed by atoms with Gasteiger partial charge in [-0.15, -0.1) is 0 Å². The number of nitrogens with one attached hydrogen (secondary N) is 2. The van der Waals surface area contributed by atoms with Gasteiger partial charge in [-0.1, -0.05) is 17.7 Å². The second-order valence-electron chi connectivity index (χ2n) is 2.90. The summed E-state index contributed by atoms with van der Waals surface area (Å²) in [6.07, 6.45) is 0. The molecule has 1 rings (SSSR count). The Labute approximate surface area is 95.7 Å². The Hall–Kier alpha value is -1.66. The lowest BCUT2D eigenvalue weighted by molar-refractivity contribution is -0.139. The van der Waals surface area contributed by atoms with E-state index in [1.807, 2.05) is 0 Å². The highest BCUT2D eigenvalue weighted by Crippen LogP contribution is 2.15. The molecule has 16 heavy (non-hydrogen) atoms. The van der Waals surface area contributed by atoms with Gasteiger partial charge in [-0.25, -0.2) is 10.2 Å². The van der Waals surface area contributed by atoms with E-state index in [0.29, 0.717) is 5.56 Å². The Kier molecular flexibility index (Phi) is 4.21. The van der Waals surface area contributed by atoms with Crippen molar-refractivity contribution >= 4 is 23.4 Å². The quantitative estimate of drug-likeness (QED) is 0.299. The number of benzene rings is 1. The van der Waals surface area contributed by atoms with E-state index >= 15 is 0 Å². The van der Waals surface area contributed by atoms with Crippen molar-refractivity contribution in [3.05, 3.63) is 34.6 Å². The van der Waals surface area contributed by atoms with E-state index in [1.165, 1.54) is 18.2 Å². The van der Waals surface area contributed by atoms with Gasteiger partial charge in [-0.2, -0.15) is 0 Å². The summed E-state index contributed by atoms with van der Waals surface area (Å²) in [4.78, 5) is 21.7. The van der Waals surface area contributed by atoms with Crippen LogP contribution in [-0.2, 0) is 16.1 Å². The molecule has 0 heterocycles. The van der Waals surface area contributed by atoms with Crippen LogP contribution in [0.1, 0.15) is 5.56 Å². The third-order valence-corrected chi connectivity index (χ3v) is 2.08. The van der Waals surface area contributed by atoms with Crippen molar-refractivity contribution in [2.75, 3.05) is 0 Å². The molecule has 0 saturated heterocycles. The van der Waals surface area contributed by atoms with Gasteiger partial charge in [-0.3, -0.25) is 15.0 Å². The van der Waals surface area contributed by atoms with Crippen molar-refractivity contribution < 1.29 is 14.0 Å². The summed E-state index contributed by atoms with van der Waals surface area (Å²) in [6.45, 7) is 0.0142. The van der Waals surface area contributed by atoms with Gasteiger partial charge in [-0.05, 0) is 17.7 Å². The fraction of sp³-hybridized carbons (Fsp3) is 0.111. The minimum absolute atomic E-state index is 0.00484. The van der Waals surface area contributed by atoms with E-state index in [1.54, 1.807) is 5.43 Å². The highest BCUT2D eigenvalue weighted by atomic mass is 35.5. The van der Waals surface area contributed by atoms with E-state index in [2.05, 4.69) is 5.32 Å². The van der Waals surface area contributed by atoms with Crippen LogP contribution in [0.2, 0.25) is 5.02 Å². The van der Waals surface area contributed by atoms with Gasteiger partial charge in [0.15, 0.2) is 0 Å². The summed E-state index contributed by atoms with van der Waals surface area (Å²) in [5.41, 5.74) is 2.16. The van der Waals surface area contributed by atoms with Crippen LogP contribution in [-0.4, -0.2) is 11.8 Å². The monoisotopic (exact) mass is 245 g/mol. The van der Waals surface area contributed by atoms with Gasteiger partial charge in [0.05, 0.1) is 5.02 Å². The lowest BCUT2D eigenvalue weighted by Gasteiger charge is -2.04. The minimum atomic E-state index is -0.963. The van der Waals surface area contributed by atoms with Crippen molar-refractivity contribution in [1.29, 1.82) is 0 Å². The molecule has 0 atom stereocenters. The van der Waals surface area contributed by atoms with E-state index in [9.17, 15) is 14.0 Å². The SMILES string of the molecule is NNC(=O)C(=O)NCc1ccc(Cl)c(F)c1. The first kappa shape index (κ1) is 12.4. The van der Waals surface area contributed by atoms with Gasteiger partial charge in [0.1, 0.15) is 5.82 Å². The van der Waals surface area contributed by atoms with Gasteiger partial charge in [0.25, 0.3) is 0 Å². The predicted octanol–water partition coefficient (Wildman–Crippen LogP) is 0.0852. The van der Waals surface area contributed by atoms with E-state index in [4.69, 9.17) is 17.4 Å². The normalized spacial score (nSPS) is 9.69. The maximum absolute atomic E-state index is 13.0. The van der Waals surface area contributed by atoms with E-state index < -0.39 is 17.6 Å². The molecule has 0 aromatic heterocycles. The standard InChI is InChI=1S/C9H9ClFN3O2/c10-6-2-1-5(3-7(6)11)4-13-8(15)9(16)14-12/h1-3H,4,12H2,(H,13,15)(H,14,16). The molecular formula is C9H9ClFN3O2. The zero-order valence-electron chi connectivity index (χ0n) is 8.09. The second kappa shape index (κ2) is 5.43. The molecule has 0 aliphatic rings. The first-order valence-electron chi connectivity index (χ1n) is 4.27. The van der Waals surface area contributed by atoms with Crippen LogP contribution in [0.15, 0.2) is 18.2 Å². The molecule has 0 aliphatic carbocycles. The number of nitrogens with two attached hydrogens (primary N) is 1. The van der Waals surface area contributed by atoms with Crippen LogP contribution in [0, 0.1) is 5.82 Å². The number of carbonyl (C=O) groups is 2. The molecule has 1 aromatic rings. The van der Waals surface area contributed by atoms with Crippen molar-refractivity contribution in [3.63, 3.8) is 0 Å². The Morgan fingerprint density at radius 3 is 2.62 bits per heavy atom. The Balaban J connectivity index is 2.58. The molecule has 86 valence electrons. The molecule has 2 amide bonds. The lowest BCUT2D eigenvalue weighted by Crippen LogP contribution is -2.42. The molecule has 5 nitrogen and oxygen atoms in total. The molecule has 7 heteroatoms. The number of hydrogen-bond donors (Lipinski definition) is 3. The topological polar surface area (TPSA) is 84.2 Å². The van der Waals surface area contributed by atoms with Crippen LogP contribution in [0.25, 0.3) is 0 Å². The molecule has 0 radical (unpaired) electrons. The molecule has 0 unspecified atom stereocenters. The van der Waals surface area contributed by atoms with Crippen molar-refractivity contribution in [2.45, 2.75) is 6.54 Å². The van der Waals surface area contributed by atoms with Crippen molar-refractivity contribution in [2.24, 2.45) is 5.84 Å². The molecule has 0 fully saturated rings. The first-order valence-corrected chi connectivity index (χ1v) is 4.65. The van der Waals surface area contributed by atoms with Gasteiger partial charge >= 0.3 is 11.8 Å². The summed E-state index contributed by atoms with van der Waals surface area (Å²) >= 11 is 5.47. The summed E-state index contributed by atoms with van der Waals surface area (Å²) in [5, 5.41) is 2.25. The number of rotatable bonds is 2. The number of carbonyl (C=O) groups excluding carboxylic acids is 2. The lowest BCUT2D eigenvalue weighted by atomic mass is 10.2. The van der Waals surface area contributed by atoms with Gasteiger partial charge in [0.2, 0.25) is 0 Å². The van der Waals surface area contributed by atoms with E-state index in [-0.39, 0.29) is 11.6 Å². The smallest absolute Gasteiger partial charge is 0.323 e. The number of hydrazine groups is 1. The highest BCUT2D eigenvalue weighted by molar-refractivity contribution is 6.34. The largest absolute Gasteiger partial charge is 0.344 e. The van der Waals surface area contributed by atoms with Gasteiger partial charge in [0, 0.05) is 6.54 Å². The molecule has 0 saturated carbocycles. The summed E-state index contributed by atoms with van der Waals surface area (Å²) in [7, 11) is 0. The third kappa shape index (κ3) is 3.18.